The van der Waals surface area contributed by atoms with Crippen molar-refractivity contribution < 1.29 is 14.7 Å². The van der Waals surface area contributed by atoms with E-state index in [-0.39, 0.29) is 5.91 Å². The van der Waals surface area contributed by atoms with Gasteiger partial charge < -0.3 is 10.0 Å². The molecule has 1 aliphatic heterocycles. The molecule has 1 aromatic rings. The highest BCUT2D eigenvalue weighted by Crippen LogP contribution is 2.18. The molecule has 4 nitrogen and oxygen atoms in total. The Kier molecular flexibility index (Phi) is 6.11. The molecule has 1 saturated heterocycles. The van der Waals surface area contributed by atoms with Gasteiger partial charge in [0.25, 0.3) is 0 Å². The van der Waals surface area contributed by atoms with Gasteiger partial charge in [-0.1, -0.05) is 30.3 Å². The molecular formula is C16H21NO3S. The smallest absolute Gasteiger partial charge is 0.308 e. The molecular weight excluding hydrogens is 286 g/mol. The summed E-state index contributed by atoms with van der Waals surface area (Å²) in [4.78, 5) is 24.8. The first kappa shape index (κ1) is 15.9. The number of carbonyl (C=O) groups is 2. The van der Waals surface area contributed by atoms with Crippen LogP contribution in [0.5, 0.6) is 0 Å². The van der Waals surface area contributed by atoms with Crippen molar-refractivity contribution in [2.45, 2.75) is 19.3 Å². The van der Waals surface area contributed by atoms with Crippen LogP contribution >= 0.6 is 11.8 Å². The van der Waals surface area contributed by atoms with Gasteiger partial charge in [0.1, 0.15) is 0 Å². The van der Waals surface area contributed by atoms with E-state index in [4.69, 9.17) is 5.11 Å². The molecule has 114 valence electrons. The number of nitrogens with zero attached hydrogens (tertiary/aromatic N) is 1. The van der Waals surface area contributed by atoms with Gasteiger partial charge in [-0.15, -0.1) is 0 Å². The summed E-state index contributed by atoms with van der Waals surface area (Å²) in [5.74, 6) is 0.241. The summed E-state index contributed by atoms with van der Waals surface area (Å²) in [7, 11) is 0. The fourth-order valence-electron chi connectivity index (χ4n) is 2.49. The van der Waals surface area contributed by atoms with E-state index in [1.165, 1.54) is 5.56 Å². The lowest BCUT2D eigenvalue weighted by molar-refractivity contribution is -0.145. The van der Waals surface area contributed by atoms with E-state index < -0.39 is 11.9 Å². The van der Waals surface area contributed by atoms with Crippen molar-refractivity contribution in [3.63, 3.8) is 0 Å². The maximum absolute atomic E-state index is 12.1. The van der Waals surface area contributed by atoms with Crippen LogP contribution in [0.25, 0.3) is 0 Å². The Labute approximate surface area is 129 Å². The molecule has 0 radical (unpaired) electrons. The molecule has 1 amide bonds. The first-order valence-electron chi connectivity index (χ1n) is 7.29. The lowest BCUT2D eigenvalue weighted by Crippen LogP contribution is -2.43. The molecule has 1 aliphatic rings. The average molecular weight is 307 g/mol. The van der Waals surface area contributed by atoms with Gasteiger partial charge in [-0.3, -0.25) is 9.59 Å². The Balaban J connectivity index is 1.68. The summed E-state index contributed by atoms with van der Waals surface area (Å²) in [6, 6.07) is 10.2. The lowest BCUT2D eigenvalue weighted by Gasteiger charge is -2.30. The van der Waals surface area contributed by atoms with Crippen LogP contribution in [-0.4, -0.2) is 46.5 Å². The second-order valence-electron chi connectivity index (χ2n) is 5.31. The Hall–Kier alpha value is -1.49. The van der Waals surface area contributed by atoms with Crippen molar-refractivity contribution in [3.8, 4) is 0 Å². The van der Waals surface area contributed by atoms with Crippen LogP contribution in [0.2, 0.25) is 0 Å². The van der Waals surface area contributed by atoms with Crippen molar-refractivity contribution in [1.29, 1.82) is 0 Å². The zero-order valence-electron chi connectivity index (χ0n) is 12.0. The van der Waals surface area contributed by atoms with E-state index in [1.807, 2.05) is 18.2 Å². The summed E-state index contributed by atoms with van der Waals surface area (Å²) in [5, 5.41) is 9.03. The number of aryl methyl sites for hydroxylation is 1. The minimum Gasteiger partial charge on any atom is -0.481 e. The highest BCUT2D eigenvalue weighted by atomic mass is 32.2. The Morgan fingerprint density at radius 1 is 1.29 bits per heavy atom. The molecule has 2 rings (SSSR count). The third-order valence-electron chi connectivity index (χ3n) is 3.73. The van der Waals surface area contributed by atoms with Crippen molar-refractivity contribution in [2.75, 3.05) is 24.6 Å². The highest BCUT2D eigenvalue weighted by Gasteiger charge is 2.27. The maximum atomic E-state index is 12.1. The summed E-state index contributed by atoms with van der Waals surface area (Å²) in [6.07, 6.45) is 2.42. The predicted octanol–water partition coefficient (Wildman–Crippen LogP) is 2.29. The Bertz CT molecular complexity index is 478. The Morgan fingerprint density at radius 3 is 2.76 bits per heavy atom. The van der Waals surface area contributed by atoms with Crippen LogP contribution in [0, 0.1) is 5.92 Å². The normalized spacial score (nSPS) is 18.5. The SMILES string of the molecule is O=C(O)[C@H]1CCCN(C(=O)CSCCc2ccccc2)C1. The fraction of sp³-hybridized carbons (Fsp3) is 0.500. The quantitative estimate of drug-likeness (QED) is 0.819. The van der Waals surface area contributed by atoms with Gasteiger partial charge >= 0.3 is 5.97 Å². The number of carboxylic acid groups (broad SMARTS) is 1. The molecule has 1 aromatic carbocycles. The number of piperidine rings is 1. The second-order valence-corrected chi connectivity index (χ2v) is 6.41. The van der Waals surface area contributed by atoms with Crippen LogP contribution < -0.4 is 0 Å². The molecule has 0 bridgehead atoms. The zero-order valence-corrected chi connectivity index (χ0v) is 12.8. The number of carbonyl (C=O) groups excluding carboxylic acids is 1. The number of carboxylic acids is 1. The molecule has 1 N–H and O–H groups in total. The third kappa shape index (κ3) is 5.08. The van der Waals surface area contributed by atoms with Gasteiger partial charge in [0, 0.05) is 13.1 Å². The number of thioether (sulfide) groups is 1. The number of amides is 1. The number of likely N-dealkylation sites (tertiary alicyclic amines) is 1. The number of benzene rings is 1. The van der Waals surface area contributed by atoms with Gasteiger partial charge in [0.2, 0.25) is 5.91 Å². The molecule has 21 heavy (non-hydrogen) atoms. The van der Waals surface area contributed by atoms with Crippen LogP contribution in [-0.2, 0) is 16.0 Å². The molecule has 0 saturated carbocycles. The van der Waals surface area contributed by atoms with Gasteiger partial charge in [-0.05, 0) is 30.6 Å². The molecule has 1 heterocycles. The fourth-order valence-corrected chi connectivity index (χ4v) is 3.37. The van der Waals surface area contributed by atoms with E-state index in [2.05, 4.69) is 12.1 Å². The molecule has 0 aromatic heterocycles. The lowest BCUT2D eigenvalue weighted by atomic mass is 9.98. The maximum Gasteiger partial charge on any atom is 0.308 e. The predicted molar refractivity (Wildman–Crippen MR) is 84.4 cm³/mol. The van der Waals surface area contributed by atoms with Crippen LogP contribution in [0.4, 0.5) is 0 Å². The van der Waals surface area contributed by atoms with Gasteiger partial charge in [0.15, 0.2) is 0 Å². The number of hydrogen-bond donors (Lipinski definition) is 1. The number of rotatable bonds is 6. The van der Waals surface area contributed by atoms with Crippen LogP contribution in [0.3, 0.4) is 0 Å². The van der Waals surface area contributed by atoms with Crippen molar-refractivity contribution in [2.24, 2.45) is 5.92 Å². The van der Waals surface area contributed by atoms with Crippen molar-refractivity contribution >= 4 is 23.6 Å². The average Bonchev–Trinajstić information content (AvgIpc) is 2.52. The van der Waals surface area contributed by atoms with E-state index in [0.717, 1.165) is 18.6 Å². The van der Waals surface area contributed by atoms with Gasteiger partial charge in [0.05, 0.1) is 11.7 Å². The molecule has 0 spiro atoms. The monoisotopic (exact) mass is 307 g/mol. The van der Waals surface area contributed by atoms with Crippen LogP contribution in [0.15, 0.2) is 30.3 Å². The largest absolute Gasteiger partial charge is 0.481 e. The number of aliphatic carboxylic acids is 1. The van der Waals surface area contributed by atoms with E-state index in [0.29, 0.717) is 25.3 Å². The minimum atomic E-state index is -0.788. The minimum absolute atomic E-state index is 0.0685. The second kappa shape index (κ2) is 8.08. The standard InChI is InChI=1S/C16H21NO3S/c18-15(17-9-4-7-14(11-17)16(19)20)12-21-10-8-13-5-2-1-3-6-13/h1-3,5-6,14H,4,7-12H2,(H,19,20)/t14-/m0/s1. The summed E-state index contributed by atoms with van der Waals surface area (Å²) < 4.78 is 0. The first-order valence-corrected chi connectivity index (χ1v) is 8.44. The zero-order chi connectivity index (χ0) is 15.1. The van der Waals surface area contributed by atoms with E-state index in [9.17, 15) is 9.59 Å². The molecule has 0 unspecified atom stereocenters. The molecule has 1 fully saturated rings. The van der Waals surface area contributed by atoms with Crippen molar-refractivity contribution in [3.05, 3.63) is 35.9 Å². The molecule has 1 atom stereocenters. The van der Waals surface area contributed by atoms with Crippen LogP contribution in [0.1, 0.15) is 18.4 Å². The molecule has 0 aliphatic carbocycles. The van der Waals surface area contributed by atoms with Gasteiger partial charge in [-0.2, -0.15) is 11.8 Å². The topological polar surface area (TPSA) is 57.6 Å². The van der Waals surface area contributed by atoms with E-state index in [1.54, 1.807) is 16.7 Å². The van der Waals surface area contributed by atoms with Crippen molar-refractivity contribution in [1.82, 2.24) is 4.90 Å². The highest BCUT2D eigenvalue weighted by molar-refractivity contribution is 7.99. The summed E-state index contributed by atoms with van der Waals surface area (Å²) in [6.45, 7) is 1.06. The van der Waals surface area contributed by atoms with E-state index >= 15 is 0 Å². The van der Waals surface area contributed by atoms with Gasteiger partial charge in [-0.25, -0.2) is 0 Å². The molecule has 5 heteroatoms. The number of hydrogen-bond acceptors (Lipinski definition) is 3. The summed E-state index contributed by atoms with van der Waals surface area (Å²) >= 11 is 1.62. The first-order chi connectivity index (χ1) is 10.2. The summed E-state index contributed by atoms with van der Waals surface area (Å²) in [5.41, 5.74) is 1.28. The Morgan fingerprint density at radius 2 is 2.05 bits per heavy atom. The third-order valence-corrected chi connectivity index (χ3v) is 4.67.